The van der Waals surface area contributed by atoms with Crippen LogP contribution < -0.4 is 15.5 Å². The van der Waals surface area contributed by atoms with Crippen LogP contribution in [0.4, 0.5) is 15.8 Å². The van der Waals surface area contributed by atoms with Crippen LogP contribution >= 0.6 is 0 Å². The molecule has 154 valence electrons. The molecule has 2 aromatic carbocycles. The van der Waals surface area contributed by atoms with E-state index in [1.165, 1.54) is 15.9 Å². The van der Waals surface area contributed by atoms with Crippen molar-refractivity contribution in [3.05, 3.63) is 82.6 Å². The lowest BCUT2D eigenvalue weighted by Gasteiger charge is -2.43. The molecule has 0 aromatic heterocycles. The summed E-state index contributed by atoms with van der Waals surface area (Å²) in [7, 11) is 1.62. The van der Waals surface area contributed by atoms with Gasteiger partial charge < -0.3 is 10.6 Å². The van der Waals surface area contributed by atoms with Crippen LogP contribution in [0.2, 0.25) is 0 Å². The van der Waals surface area contributed by atoms with Gasteiger partial charge >= 0.3 is 0 Å². The maximum atomic E-state index is 14.8. The molecule has 7 heteroatoms. The van der Waals surface area contributed by atoms with Crippen molar-refractivity contribution < 1.29 is 14.0 Å². The Morgan fingerprint density at radius 1 is 1.06 bits per heavy atom. The third-order valence-corrected chi connectivity index (χ3v) is 6.40. The minimum Gasteiger partial charge on any atom is -0.384 e. The predicted molar refractivity (Wildman–Crippen MR) is 113 cm³/mol. The summed E-state index contributed by atoms with van der Waals surface area (Å²) in [5.74, 6) is -1.18. The largest absolute Gasteiger partial charge is 0.384 e. The van der Waals surface area contributed by atoms with Crippen LogP contribution in [0.3, 0.4) is 0 Å². The highest BCUT2D eigenvalue weighted by Gasteiger charge is 2.61. The van der Waals surface area contributed by atoms with Crippen molar-refractivity contribution in [3.8, 4) is 6.07 Å². The smallest absolute Gasteiger partial charge is 0.247 e. The summed E-state index contributed by atoms with van der Waals surface area (Å²) in [6.07, 6.45) is 1.25. The number of anilines is 2. The fourth-order valence-corrected chi connectivity index (χ4v) is 5.14. The van der Waals surface area contributed by atoms with Gasteiger partial charge in [0.2, 0.25) is 5.91 Å². The van der Waals surface area contributed by atoms with E-state index in [0.717, 1.165) is 0 Å². The lowest BCUT2D eigenvalue weighted by Crippen LogP contribution is -2.52. The summed E-state index contributed by atoms with van der Waals surface area (Å²) >= 11 is 0. The second-order valence-corrected chi connectivity index (χ2v) is 7.89. The van der Waals surface area contributed by atoms with Crippen LogP contribution in [0.15, 0.2) is 71.2 Å². The first-order valence-corrected chi connectivity index (χ1v) is 10.0. The number of benzene rings is 2. The predicted octanol–water partition coefficient (Wildman–Crippen LogP) is 3.26. The number of likely N-dealkylation sites (N-methyl/N-ethyl adjacent to an activating group) is 1. The number of fused-ring (bicyclic) bond motifs is 3. The van der Waals surface area contributed by atoms with Gasteiger partial charge in [0.15, 0.2) is 5.78 Å². The number of amides is 1. The first kappa shape index (κ1) is 19.1. The highest BCUT2D eigenvalue weighted by Crippen LogP contribution is 2.56. The van der Waals surface area contributed by atoms with Gasteiger partial charge in [-0.15, -0.1) is 0 Å². The van der Waals surface area contributed by atoms with Crippen LogP contribution in [0, 0.1) is 17.1 Å². The number of para-hydroxylation sites is 2. The van der Waals surface area contributed by atoms with E-state index in [1.807, 2.05) is 0 Å². The summed E-state index contributed by atoms with van der Waals surface area (Å²) in [6, 6.07) is 15.3. The van der Waals surface area contributed by atoms with Crippen molar-refractivity contribution >= 4 is 23.1 Å². The van der Waals surface area contributed by atoms with Crippen LogP contribution in [0.25, 0.3) is 0 Å². The monoisotopic (exact) mass is 414 g/mol. The summed E-state index contributed by atoms with van der Waals surface area (Å²) < 4.78 is 14.8. The molecule has 6 nitrogen and oxygen atoms in total. The number of nitrogens with zero attached hydrogens (tertiary/aromatic N) is 3. The standard InChI is InChI=1S/C24H19FN4O2/c1-28-17-9-4-2-7-14(17)24(23(28)31)15(13-26)22(27)29(18-10-5-3-8-16(18)25)19-11-6-12-20(30)21(19)24/h2-5,7-10H,6,11-12,27H2,1H3/t24-/m1/s1. The number of nitriles is 1. The number of hydrogen-bond donors (Lipinski definition) is 1. The Hall–Kier alpha value is -3.92. The summed E-state index contributed by atoms with van der Waals surface area (Å²) in [5, 5.41) is 10.2. The van der Waals surface area contributed by atoms with E-state index >= 15 is 0 Å². The van der Waals surface area contributed by atoms with Crippen molar-refractivity contribution in [3.63, 3.8) is 0 Å². The topological polar surface area (TPSA) is 90.4 Å². The van der Waals surface area contributed by atoms with E-state index in [4.69, 9.17) is 5.73 Å². The molecular weight excluding hydrogens is 395 g/mol. The summed E-state index contributed by atoms with van der Waals surface area (Å²) in [5.41, 5.74) is 6.88. The molecule has 5 rings (SSSR count). The van der Waals surface area contributed by atoms with Gasteiger partial charge in [0, 0.05) is 36.0 Å². The molecule has 2 aliphatic heterocycles. The molecule has 1 amide bonds. The number of nitrogens with two attached hydrogens (primary N) is 1. The molecule has 1 aliphatic carbocycles. The third-order valence-electron chi connectivity index (χ3n) is 6.40. The SMILES string of the molecule is CN1C(=O)[C@@]2(C(C#N)=C(N)N(c3ccccc3F)C3=C2C(=O)CCC3)c2ccccc21. The molecule has 0 saturated carbocycles. The van der Waals surface area contributed by atoms with Crippen molar-refractivity contribution in [1.82, 2.24) is 0 Å². The lowest BCUT2D eigenvalue weighted by atomic mass is 9.64. The van der Waals surface area contributed by atoms with Crippen molar-refractivity contribution in [2.45, 2.75) is 24.7 Å². The van der Waals surface area contributed by atoms with E-state index < -0.39 is 17.1 Å². The number of carbonyl (C=O) groups is 2. The molecule has 0 bridgehead atoms. The molecule has 2 aromatic rings. The summed E-state index contributed by atoms with van der Waals surface area (Å²) in [6.45, 7) is 0. The van der Waals surface area contributed by atoms with E-state index in [0.29, 0.717) is 29.8 Å². The average Bonchev–Trinajstić information content (AvgIpc) is 2.98. The van der Waals surface area contributed by atoms with Gasteiger partial charge in [-0.1, -0.05) is 30.3 Å². The number of hydrogen-bond acceptors (Lipinski definition) is 5. The van der Waals surface area contributed by atoms with Gasteiger partial charge in [0.05, 0.1) is 11.3 Å². The normalized spacial score (nSPS) is 22.7. The Kier molecular flexibility index (Phi) is 4.02. The molecule has 3 aliphatic rings. The number of Topliss-reactive ketones (excluding diaryl/α,β-unsaturated/α-hetero) is 1. The Morgan fingerprint density at radius 3 is 2.45 bits per heavy atom. The van der Waals surface area contributed by atoms with Gasteiger partial charge in [0.1, 0.15) is 23.1 Å². The Balaban J connectivity index is 1.92. The van der Waals surface area contributed by atoms with Crippen molar-refractivity contribution in [1.29, 1.82) is 5.26 Å². The Morgan fingerprint density at radius 2 is 1.74 bits per heavy atom. The highest BCUT2D eigenvalue weighted by atomic mass is 19.1. The van der Waals surface area contributed by atoms with E-state index in [2.05, 4.69) is 6.07 Å². The number of allylic oxidation sites excluding steroid dienone is 1. The van der Waals surface area contributed by atoms with E-state index in [-0.39, 0.29) is 34.9 Å². The van der Waals surface area contributed by atoms with E-state index in [9.17, 15) is 19.2 Å². The molecule has 1 spiro atoms. The van der Waals surface area contributed by atoms with Crippen LogP contribution in [0.1, 0.15) is 24.8 Å². The first-order chi connectivity index (χ1) is 14.9. The molecule has 0 radical (unpaired) electrons. The molecule has 0 fully saturated rings. The maximum absolute atomic E-state index is 14.8. The van der Waals surface area contributed by atoms with Gasteiger partial charge in [-0.05, 0) is 31.0 Å². The molecule has 2 N–H and O–H groups in total. The fraction of sp³-hybridized carbons (Fsp3) is 0.208. The molecule has 2 heterocycles. The zero-order chi connectivity index (χ0) is 21.9. The van der Waals surface area contributed by atoms with Gasteiger partial charge in [-0.2, -0.15) is 5.26 Å². The van der Waals surface area contributed by atoms with Gasteiger partial charge in [-0.25, -0.2) is 4.39 Å². The van der Waals surface area contributed by atoms with Crippen molar-refractivity contribution in [2.24, 2.45) is 5.73 Å². The minimum atomic E-state index is -1.61. The van der Waals surface area contributed by atoms with Gasteiger partial charge in [-0.3, -0.25) is 14.5 Å². The van der Waals surface area contributed by atoms with Crippen LogP contribution in [-0.2, 0) is 15.0 Å². The first-order valence-electron chi connectivity index (χ1n) is 10.0. The van der Waals surface area contributed by atoms with E-state index in [1.54, 1.807) is 49.5 Å². The number of rotatable bonds is 1. The van der Waals surface area contributed by atoms with Crippen LogP contribution in [-0.4, -0.2) is 18.7 Å². The quantitative estimate of drug-likeness (QED) is 0.774. The van der Waals surface area contributed by atoms with Gasteiger partial charge in [0.25, 0.3) is 0 Å². The number of carbonyl (C=O) groups excluding carboxylic acids is 2. The fourth-order valence-electron chi connectivity index (χ4n) is 5.14. The maximum Gasteiger partial charge on any atom is 0.247 e. The molecule has 31 heavy (non-hydrogen) atoms. The highest BCUT2D eigenvalue weighted by molar-refractivity contribution is 6.20. The second-order valence-electron chi connectivity index (χ2n) is 7.89. The number of halogens is 1. The Bertz CT molecular complexity index is 1270. The minimum absolute atomic E-state index is 0.0282. The molecule has 1 atom stereocenters. The number of ketones is 1. The molecule has 0 saturated heterocycles. The average molecular weight is 414 g/mol. The zero-order valence-electron chi connectivity index (χ0n) is 16.9. The molecule has 0 unspecified atom stereocenters. The lowest BCUT2D eigenvalue weighted by molar-refractivity contribution is -0.124. The molecular formula is C24H19FN4O2. The van der Waals surface area contributed by atoms with Crippen molar-refractivity contribution in [2.75, 3.05) is 16.8 Å². The second kappa shape index (κ2) is 6.54. The third kappa shape index (κ3) is 2.24. The summed E-state index contributed by atoms with van der Waals surface area (Å²) in [4.78, 5) is 30.0. The van der Waals surface area contributed by atoms with Crippen LogP contribution in [0.5, 0.6) is 0 Å². The Labute approximate surface area is 178 Å². The zero-order valence-corrected chi connectivity index (χ0v) is 16.9.